The molecule has 194 valence electrons. The van der Waals surface area contributed by atoms with E-state index in [-0.39, 0.29) is 39.0 Å². The van der Waals surface area contributed by atoms with Gasteiger partial charge in [0.1, 0.15) is 12.3 Å². The summed E-state index contributed by atoms with van der Waals surface area (Å²) in [5.74, 6) is -0.780. The summed E-state index contributed by atoms with van der Waals surface area (Å²) in [4.78, 5) is 11.3. The van der Waals surface area contributed by atoms with Crippen molar-refractivity contribution in [2.24, 2.45) is 0 Å². The second kappa shape index (κ2) is 12.5. The van der Waals surface area contributed by atoms with E-state index >= 15 is 0 Å². The lowest BCUT2D eigenvalue weighted by atomic mass is 9.98. The van der Waals surface area contributed by atoms with Crippen LogP contribution in [-0.2, 0) is 38.9 Å². The molecular formula is C24H26Cl2FN3O5S. The number of sulfonamides is 1. The quantitative estimate of drug-likeness (QED) is 0.403. The van der Waals surface area contributed by atoms with E-state index in [0.29, 0.717) is 6.61 Å². The maximum absolute atomic E-state index is 13.6. The zero-order chi connectivity index (χ0) is 26.3. The van der Waals surface area contributed by atoms with Crippen LogP contribution in [0.1, 0.15) is 31.0 Å². The monoisotopic (exact) mass is 557 g/mol. The Labute approximate surface area is 219 Å². The van der Waals surface area contributed by atoms with Crippen LogP contribution in [0.25, 0.3) is 0 Å². The number of carbonyl (C=O) groups excluding carboxylic acids is 1. The molecule has 4 rings (SSSR count). The SMILES string of the molecule is CCOC(=O)Cn1ncc2c1CCCC2.CNS(=O)(=O)c1ccc(Oc2ccc(Cl)cc2F)c(Cl)c1. The average Bonchev–Trinajstić information content (AvgIpc) is 3.25. The van der Waals surface area contributed by atoms with Gasteiger partial charge in [0.15, 0.2) is 11.6 Å². The first-order valence-corrected chi connectivity index (χ1v) is 13.4. The van der Waals surface area contributed by atoms with Crippen molar-refractivity contribution in [1.82, 2.24) is 14.5 Å². The van der Waals surface area contributed by atoms with Gasteiger partial charge >= 0.3 is 5.97 Å². The van der Waals surface area contributed by atoms with E-state index < -0.39 is 15.8 Å². The van der Waals surface area contributed by atoms with Crippen LogP contribution in [0.3, 0.4) is 0 Å². The Balaban J connectivity index is 0.000000212. The Morgan fingerprint density at radius 2 is 1.86 bits per heavy atom. The lowest BCUT2D eigenvalue weighted by Crippen LogP contribution is -2.18. The molecule has 0 spiro atoms. The smallest absolute Gasteiger partial charge is 0.327 e. The predicted octanol–water partition coefficient (Wildman–Crippen LogP) is 5.16. The zero-order valence-electron chi connectivity index (χ0n) is 19.8. The molecular weight excluding hydrogens is 532 g/mol. The van der Waals surface area contributed by atoms with Crippen molar-refractivity contribution in [3.05, 3.63) is 69.7 Å². The number of hydrogen-bond donors (Lipinski definition) is 1. The summed E-state index contributed by atoms with van der Waals surface area (Å²) in [6.45, 7) is 2.50. The van der Waals surface area contributed by atoms with Crippen LogP contribution in [-0.4, -0.2) is 37.8 Å². The molecule has 0 saturated heterocycles. The summed E-state index contributed by atoms with van der Waals surface area (Å²) < 4.78 is 51.1. The molecule has 1 aliphatic carbocycles. The molecule has 0 aliphatic heterocycles. The molecule has 0 fully saturated rings. The van der Waals surface area contributed by atoms with E-state index in [0.717, 1.165) is 18.9 Å². The fourth-order valence-electron chi connectivity index (χ4n) is 3.55. The van der Waals surface area contributed by atoms with Crippen molar-refractivity contribution in [2.75, 3.05) is 13.7 Å². The normalized spacial score (nSPS) is 12.8. The molecule has 36 heavy (non-hydrogen) atoms. The van der Waals surface area contributed by atoms with Crippen LogP contribution in [0, 0.1) is 5.82 Å². The Morgan fingerprint density at radius 1 is 1.14 bits per heavy atom. The van der Waals surface area contributed by atoms with Crippen molar-refractivity contribution in [3.63, 3.8) is 0 Å². The van der Waals surface area contributed by atoms with Crippen LogP contribution in [0.5, 0.6) is 11.5 Å². The third kappa shape index (κ3) is 7.19. The molecule has 1 heterocycles. The minimum atomic E-state index is -3.61. The number of esters is 1. The molecule has 8 nitrogen and oxygen atoms in total. The van der Waals surface area contributed by atoms with Gasteiger partial charge in [0, 0.05) is 10.7 Å². The molecule has 0 saturated carbocycles. The average molecular weight is 558 g/mol. The van der Waals surface area contributed by atoms with Gasteiger partial charge in [0.05, 0.1) is 22.7 Å². The van der Waals surface area contributed by atoms with E-state index in [1.165, 1.54) is 61.5 Å². The van der Waals surface area contributed by atoms with Gasteiger partial charge in [-0.05, 0) is 81.6 Å². The second-order valence-corrected chi connectivity index (χ2v) is 10.5. The summed E-state index contributed by atoms with van der Waals surface area (Å²) >= 11 is 11.6. The molecule has 0 unspecified atom stereocenters. The standard InChI is InChI=1S/C13H10Cl2FNO3S.C11H16N2O2/c1-17-21(18,19)9-3-5-12(10(15)7-9)20-13-4-2-8(14)6-11(13)16;1-2-15-11(14)8-13-10-6-4-3-5-9(10)7-12-13/h2-7,17H,1H3;7H,2-6,8H2,1H3. The van der Waals surface area contributed by atoms with E-state index in [9.17, 15) is 17.6 Å². The summed E-state index contributed by atoms with van der Waals surface area (Å²) in [7, 11) is -2.32. The predicted molar refractivity (Wildman–Crippen MR) is 135 cm³/mol. The highest BCUT2D eigenvalue weighted by molar-refractivity contribution is 7.89. The van der Waals surface area contributed by atoms with Gasteiger partial charge in [-0.3, -0.25) is 9.48 Å². The number of ether oxygens (including phenoxy) is 2. The van der Waals surface area contributed by atoms with Crippen LogP contribution < -0.4 is 9.46 Å². The highest BCUT2D eigenvalue weighted by atomic mass is 35.5. The highest BCUT2D eigenvalue weighted by Crippen LogP contribution is 2.33. The molecule has 0 amide bonds. The van der Waals surface area contributed by atoms with Crippen molar-refractivity contribution >= 4 is 39.2 Å². The number of nitrogens with zero attached hydrogens (tertiary/aromatic N) is 2. The van der Waals surface area contributed by atoms with Gasteiger partial charge in [0.25, 0.3) is 0 Å². The van der Waals surface area contributed by atoms with Crippen LogP contribution in [0.15, 0.2) is 47.5 Å². The fraction of sp³-hybridized carbons (Fsp3) is 0.333. The molecule has 2 aromatic carbocycles. The number of aryl methyl sites for hydroxylation is 1. The Hall–Kier alpha value is -2.66. The number of fused-ring (bicyclic) bond motifs is 1. The summed E-state index contributed by atoms with van der Waals surface area (Å²) in [5.41, 5.74) is 2.51. The van der Waals surface area contributed by atoms with Crippen molar-refractivity contribution in [1.29, 1.82) is 0 Å². The maximum Gasteiger partial charge on any atom is 0.327 e. The van der Waals surface area contributed by atoms with Gasteiger partial charge in [-0.25, -0.2) is 17.5 Å². The largest absolute Gasteiger partial charge is 0.465 e. The third-order valence-corrected chi connectivity index (χ3v) is 7.27. The van der Waals surface area contributed by atoms with Crippen molar-refractivity contribution < 1.29 is 27.1 Å². The first-order valence-electron chi connectivity index (χ1n) is 11.2. The number of carbonyl (C=O) groups is 1. The molecule has 3 aromatic rings. The molecule has 1 aromatic heterocycles. The van der Waals surface area contributed by atoms with Gasteiger partial charge in [0.2, 0.25) is 10.0 Å². The number of aromatic nitrogens is 2. The van der Waals surface area contributed by atoms with Gasteiger partial charge in [-0.2, -0.15) is 5.10 Å². The first-order chi connectivity index (χ1) is 17.1. The summed E-state index contributed by atoms with van der Waals surface area (Å²) in [5, 5.41) is 4.52. The van der Waals surface area contributed by atoms with Crippen LogP contribution in [0.4, 0.5) is 4.39 Å². The second-order valence-electron chi connectivity index (χ2n) is 7.76. The van der Waals surface area contributed by atoms with Crippen molar-refractivity contribution in [3.8, 4) is 11.5 Å². The van der Waals surface area contributed by atoms with Crippen LogP contribution in [0.2, 0.25) is 10.0 Å². The number of halogens is 3. The molecule has 1 aliphatic rings. The maximum atomic E-state index is 13.6. The third-order valence-electron chi connectivity index (χ3n) is 5.33. The molecule has 1 N–H and O–H groups in total. The Morgan fingerprint density at radius 3 is 2.53 bits per heavy atom. The van der Waals surface area contributed by atoms with Gasteiger partial charge < -0.3 is 9.47 Å². The van der Waals surface area contributed by atoms with Crippen molar-refractivity contribution in [2.45, 2.75) is 44.0 Å². The van der Waals surface area contributed by atoms with Gasteiger partial charge in [-0.1, -0.05) is 23.2 Å². The van der Waals surface area contributed by atoms with E-state index in [1.54, 1.807) is 4.68 Å². The number of rotatable bonds is 7. The summed E-state index contributed by atoms with van der Waals surface area (Å²) in [6.07, 6.45) is 6.44. The molecule has 0 atom stereocenters. The van der Waals surface area contributed by atoms with E-state index in [2.05, 4.69) is 9.82 Å². The minimum Gasteiger partial charge on any atom is -0.465 e. The Kier molecular flexibility index (Phi) is 9.72. The molecule has 0 radical (unpaired) electrons. The Bertz CT molecular complexity index is 1330. The summed E-state index contributed by atoms with van der Waals surface area (Å²) in [6, 6.07) is 7.79. The van der Waals surface area contributed by atoms with Gasteiger partial charge in [-0.15, -0.1) is 0 Å². The topological polar surface area (TPSA) is 99.5 Å². The van der Waals surface area contributed by atoms with E-state index in [4.69, 9.17) is 32.7 Å². The number of hydrogen-bond acceptors (Lipinski definition) is 6. The highest BCUT2D eigenvalue weighted by Gasteiger charge is 2.17. The zero-order valence-corrected chi connectivity index (χ0v) is 22.1. The lowest BCUT2D eigenvalue weighted by molar-refractivity contribution is -0.144. The minimum absolute atomic E-state index is 0.0149. The number of nitrogens with one attached hydrogen (secondary N) is 1. The molecule has 0 bridgehead atoms. The van der Waals surface area contributed by atoms with E-state index in [1.807, 2.05) is 13.1 Å². The fourth-order valence-corrected chi connectivity index (χ4v) is 4.75. The van der Waals surface area contributed by atoms with Crippen LogP contribution >= 0.6 is 23.2 Å². The lowest BCUT2D eigenvalue weighted by Gasteiger charge is -2.13. The first kappa shape index (κ1) is 27.9. The number of benzene rings is 2. The molecule has 12 heteroatoms.